The molecule has 1 amide bonds. The Morgan fingerprint density at radius 2 is 1.73 bits per heavy atom. The van der Waals surface area contributed by atoms with Crippen LogP contribution in [0.3, 0.4) is 0 Å². The van der Waals surface area contributed by atoms with Gasteiger partial charge in [0.15, 0.2) is 0 Å². The van der Waals surface area contributed by atoms with Gasteiger partial charge in [-0.3, -0.25) is 4.79 Å². The lowest BCUT2D eigenvalue weighted by Crippen LogP contribution is -2.19. The topological polar surface area (TPSA) is 88.0 Å². The van der Waals surface area contributed by atoms with Crippen molar-refractivity contribution in [2.45, 2.75) is 13.8 Å². The van der Waals surface area contributed by atoms with E-state index < -0.39 is 11.9 Å². The number of nitrogens with one attached hydrogen (secondary N) is 1. The highest BCUT2D eigenvalue weighted by molar-refractivity contribution is 6.15. The molecule has 0 aliphatic carbocycles. The van der Waals surface area contributed by atoms with E-state index in [1.54, 1.807) is 49.4 Å². The molecular weight excluding hydrogens is 332 g/mol. The van der Waals surface area contributed by atoms with E-state index >= 15 is 0 Å². The maximum absolute atomic E-state index is 12.1. The molecule has 6 nitrogen and oxygen atoms in total. The van der Waals surface area contributed by atoms with E-state index in [9.17, 15) is 14.7 Å². The summed E-state index contributed by atoms with van der Waals surface area (Å²) in [7, 11) is 0. The summed E-state index contributed by atoms with van der Waals surface area (Å²) in [5, 5.41) is 14.1. The normalized spacial score (nSPS) is 11.8. The van der Waals surface area contributed by atoms with E-state index in [4.69, 9.17) is 4.74 Å². The van der Waals surface area contributed by atoms with Crippen LogP contribution in [0.4, 0.5) is 0 Å². The molecule has 0 spiro atoms. The van der Waals surface area contributed by atoms with Crippen molar-refractivity contribution in [3.8, 4) is 0 Å². The Kier molecular flexibility index (Phi) is 6.68. The summed E-state index contributed by atoms with van der Waals surface area (Å²) in [4.78, 5) is 24.2. The zero-order chi connectivity index (χ0) is 18.9. The smallest absolute Gasteiger partial charge is 0.343 e. The van der Waals surface area contributed by atoms with Crippen LogP contribution in [-0.2, 0) is 9.53 Å². The van der Waals surface area contributed by atoms with Gasteiger partial charge in [0.2, 0.25) is 0 Å². The van der Waals surface area contributed by atoms with Crippen molar-refractivity contribution in [1.82, 2.24) is 5.43 Å². The first-order valence-electron chi connectivity index (χ1n) is 8.08. The number of aliphatic hydroxyl groups is 1. The fourth-order valence-electron chi connectivity index (χ4n) is 2.10. The summed E-state index contributed by atoms with van der Waals surface area (Å²) >= 11 is 0. The standard InChI is InChI=1S/C20H20N2O4/c1-3-26-20(25)17(18(23)15-7-5-4-6-8-15)13-21-22-19(24)16-11-9-14(2)10-12-16/h4-13,23H,3H2,1-2H3,(H,22,24)/b18-17+,21-13+. The minimum Gasteiger partial charge on any atom is -0.506 e. The highest BCUT2D eigenvalue weighted by atomic mass is 16.5. The molecule has 0 saturated heterocycles. The van der Waals surface area contributed by atoms with E-state index in [1.807, 2.05) is 19.1 Å². The summed E-state index contributed by atoms with van der Waals surface area (Å²) in [6, 6.07) is 15.5. The van der Waals surface area contributed by atoms with Crippen LogP contribution >= 0.6 is 0 Å². The Hall–Kier alpha value is -3.41. The molecule has 2 N–H and O–H groups in total. The average molecular weight is 352 g/mol. The third-order valence-corrected chi connectivity index (χ3v) is 3.47. The molecule has 0 unspecified atom stereocenters. The second kappa shape index (κ2) is 9.17. The quantitative estimate of drug-likeness (QED) is 0.275. The predicted molar refractivity (Wildman–Crippen MR) is 99.8 cm³/mol. The molecule has 0 heterocycles. The van der Waals surface area contributed by atoms with E-state index in [-0.39, 0.29) is 17.9 Å². The number of rotatable bonds is 6. The van der Waals surface area contributed by atoms with Crippen molar-refractivity contribution in [2.24, 2.45) is 5.10 Å². The molecular formula is C20H20N2O4. The van der Waals surface area contributed by atoms with E-state index in [1.165, 1.54) is 0 Å². The van der Waals surface area contributed by atoms with Gasteiger partial charge in [0.1, 0.15) is 11.3 Å². The molecule has 0 bridgehead atoms. The summed E-state index contributed by atoms with van der Waals surface area (Å²) in [6.45, 7) is 3.72. The number of aliphatic hydroxyl groups excluding tert-OH is 1. The second-order valence-electron chi connectivity index (χ2n) is 5.41. The lowest BCUT2D eigenvalue weighted by molar-refractivity contribution is -0.137. The van der Waals surface area contributed by atoms with Crippen molar-refractivity contribution in [2.75, 3.05) is 6.61 Å². The molecule has 0 aliphatic heterocycles. The van der Waals surface area contributed by atoms with E-state index in [2.05, 4.69) is 10.5 Å². The molecule has 134 valence electrons. The zero-order valence-electron chi connectivity index (χ0n) is 14.6. The van der Waals surface area contributed by atoms with Crippen molar-refractivity contribution < 1.29 is 19.4 Å². The van der Waals surface area contributed by atoms with Crippen LogP contribution in [0.5, 0.6) is 0 Å². The maximum Gasteiger partial charge on any atom is 0.343 e. The largest absolute Gasteiger partial charge is 0.506 e. The number of hydrogen-bond donors (Lipinski definition) is 2. The summed E-state index contributed by atoms with van der Waals surface area (Å²) < 4.78 is 4.94. The molecule has 26 heavy (non-hydrogen) atoms. The number of carbonyl (C=O) groups excluding carboxylic acids is 2. The molecule has 0 aliphatic rings. The van der Waals surface area contributed by atoms with Gasteiger partial charge in [0, 0.05) is 11.1 Å². The molecule has 0 fully saturated rings. The van der Waals surface area contributed by atoms with Crippen LogP contribution in [-0.4, -0.2) is 29.8 Å². The lowest BCUT2D eigenvalue weighted by Gasteiger charge is -2.07. The van der Waals surface area contributed by atoms with Gasteiger partial charge in [-0.2, -0.15) is 5.10 Å². The minimum atomic E-state index is -0.734. The average Bonchev–Trinajstić information content (AvgIpc) is 2.66. The first kappa shape index (κ1) is 18.9. The van der Waals surface area contributed by atoms with Gasteiger partial charge in [0.25, 0.3) is 5.91 Å². The number of benzene rings is 2. The number of amides is 1. The summed E-state index contributed by atoms with van der Waals surface area (Å²) in [5.41, 5.74) is 4.08. The molecule has 0 atom stereocenters. The predicted octanol–water partition coefficient (Wildman–Crippen LogP) is 3.24. The van der Waals surface area contributed by atoms with Crippen molar-refractivity contribution in [3.63, 3.8) is 0 Å². The van der Waals surface area contributed by atoms with Gasteiger partial charge in [-0.1, -0.05) is 48.0 Å². The van der Waals surface area contributed by atoms with Gasteiger partial charge in [-0.25, -0.2) is 10.2 Å². The van der Waals surface area contributed by atoms with Crippen LogP contribution in [0.25, 0.3) is 5.76 Å². The SMILES string of the molecule is CCOC(=O)C(/C=N/NC(=O)c1ccc(C)cc1)=C(/O)c1ccccc1. The lowest BCUT2D eigenvalue weighted by atomic mass is 10.1. The van der Waals surface area contributed by atoms with E-state index in [0.29, 0.717) is 11.1 Å². The van der Waals surface area contributed by atoms with Gasteiger partial charge in [-0.15, -0.1) is 0 Å². The Labute approximate surface area is 151 Å². The first-order valence-corrected chi connectivity index (χ1v) is 8.08. The molecule has 2 aromatic carbocycles. The third-order valence-electron chi connectivity index (χ3n) is 3.47. The fraction of sp³-hybridized carbons (Fsp3) is 0.150. The Balaban J connectivity index is 2.21. The van der Waals surface area contributed by atoms with Crippen LogP contribution in [0, 0.1) is 6.92 Å². The number of hydrogen-bond acceptors (Lipinski definition) is 5. The van der Waals surface area contributed by atoms with Gasteiger partial charge >= 0.3 is 5.97 Å². The number of carbonyl (C=O) groups is 2. The van der Waals surface area contributed by atoms with E-state index in [0.717, 1.165) is 11.8 Å². The number of ether oxygens (including phenoxy) is 1. The van der Waals surface area contributed by atoms with Gasteiger partial charge in [0.05, 0.1) is 12.8 Å². The first-order chi connectivity index (χ1) is 12.5. The number of esters is 1. The molecule has 0 radical (unpaired) electrons. The highest BCUT2D eigenvalue weighted by Gasteiger charge is 2.16. The Bertz CT molecular complexity index is 825. The van der Waals surface area contributed by atoms with Crippen LogP contribution < -0.4 is 5.43 Å². The monoisotopic (exact) mass is 352 g/mol. The summed E-state index contributed by atoms with van der Waals surface area (Å²) in [5.74, 6) is -1.44. The summed E-state index contributed by atoms with van der Waals surface area (Å²) in [6.07, 6.45) is 1.08. The minimum absolute atomic E-state index is 0.147. The van der Waals surface area contributed by atoms with Gasteiger partial charge in [-0.05, 0) is 26.0 Å². The van der Waals surface area contributed by atoms with Crippen LogP contribution in [0.15, 0.2) is 65.3 Å². The van der Waals surface area contributed by atoms with Crippen molar-refractivity contribution >= 4 is 23.9 Å². The molecule has 2 aromatic rings. The number of aryl methyl sites for hydroxylation is 1. The molecule has 0 saturated carbocycles. The van der Waals surface area contributed by atoms with Crippen molar-refractivity contribution in [1.29, 1.82) is 0 Å². The van der Waals surface area contributed by atoms with Gasteiger partial charge < -0.3 is 9.84 Å². The fourth-order valence-corrected chi connectivity index (χ4v) is 2.10. The maximum atomic E-state index is 12.1. The van der Waals surface area contributed by atoms with Crippen molar-refractivity contribution in [3.05, 3.63) is 76.9 Å². The van der Waals surface area contributed by atoms with Crippen LogP contribution in [0.1, 0.15) is 28.4 Å². The molecule has 2 rings (SSSR count). The third kappa shape index (κ3) is 5.04. The number of hydrazone groups is 1. The second-order valence-corrected chi connectivity index (χ2v) is 5.41. The molecule has 6 heteroatoms. The Morgan fingerprint density at radius 3 is 2.35 bits per heavy atom. The highest BCUT2D eigenvalue weighted by Crippen LogP contribution is 2.15. The number of nitrogens with zero attached hydrogens (tertiary/aromatic N) is 1. The van der Waals surface area contributed by atoms with Crippen LogP contribution in [0.2, 0.25) is 0 Å². The zero-order valence-corrected chi connectivity index (χ0v) is 14.6. The molecule has 0 aromatic heterocycles. The Morgan fingerprint density at radius 1 is 1.08 bits per heavy atom.